The van der Waals surface area contributed by atoms with Crippen LogP contribution in [0.2, 0.25) is 0 Å². The molecule has 0 radical (unpaired) electrons. The number of phosphoric ester groups is 1. The summed E-state index contributed by atoms with van der Waals surface area (Å²) >= 11 is 0. The van der Waals surface area contributed by atoms with Crippen molar-refractivity contribution in [2.45, 2.75) is 161 Å². The van der Waals surface area contributed by atoms with E-state index in [0.717, 1.165) is 51.4 Å². The molecule has 9 nitrogen and oxygen atoms in total. The van der Waals surface area contributed by atoms with Gasteiger partial charge in [0.25, 0.3) is 7.82 Å². The molecule has 0 spiro atoms. The number of esters is 2. The second-order valence-corrected chi connectivity index (χ2v) is 17.1. The number of nitrogens with zero attached hydrogens (tertiary/aromatic N) is 1. The first kappa shape index (κ1) is 55.2. The largest absolute Gasteiger partial charge is 0.756 e. The molecular weight excluding hydrogens is 750 g/mol. The van der Waals surface area contributed by atoms with Crippen LogP contribution in [0.3, 0.4) is 0 Å². The molecule has 0 saturated heterocycles. The number of carbonyl (C=O) groups is 2. The van der Waals surface area contributed by atoms with Gasteiger partial charge in [-0.3, -0.25) is 14.2 Å². The lowest BCUT2D eigenvalue weighted by Gasteiger charge is -2.28. The van der Waals surface area contributed by atoms with E-state index in [1.165, 1.54) is 64.2 Å². The maximum Gasteiger partial charge on any atom is 0.306 e. The molecule has 10 heteroatoms. The molecule has 0 aliphatic rings. The highest BCUT2D eigenvalue weighted by Crippen LogP contribution is 2.38. The van der Waals surface area contributed by atoms with Crippen molar-refractivity contribution in [2.75, 3.05) is 47.5 Å². The van der Waals surface area contributed by atoms with Gasteiger partial charge in [-0.1, -0.05) is 163 Å². The molecule has 1 unspecified atom stereocenters. The van der Waals surface area contributed by atoms with Crippen LogP contribution in [0, 0.1) is 0 Å². The maximum absolute atomic E-state index is 12.6. The van der Waals surface area contributed by atoms with Crippen molar-refractivity contribution in [3.63, 3.8) is 0 Å². The second-order valence-electron chi connectivity index (χ2n) is 15.7. The summed E-state index contributed by atoms with van der Waals surface area (Å²) in [7, 11) is 1.09. The summed E-state index contributed by atoms with van der Waals surface area (Å²) in [6, 6.07) is 0. The van der Waals surface area contributed by atoms with Gasteiger partial charge >= 0.3 is 11.9 Å². The van der Waals surface area contributed by atoms with Crippen molar-refractivity contribution in [3.8, 4) is 0 Å². The number of allylic oxidation sites excluding steroid dienone is 14. The molecule has 0 N–H and O–H groups in total. The summed E-state index contributed by atoms with van der Waals surface area (Å²) in [5.41, 5.74) is 0. The van der Waals surface area contributed by atoms with Crippen molar-refractivity contribution in [2.24, 2.45) is 0 Å². The van der Waals surface area contributed by atoms with Crippen molar-refractivity contribution in [1.29, 1.82) is 0 Å². The van der Waals surface area contributed by atoms with E-state index < -0.39 is 32.5 Å². The molecule has 0 saturated carbocycles. The third kappa shape index (κ3) is 42.8. The van der Waals surface area contributed by atoms with E-state index >= 15 is 0 Å². The van der Waals surface area contributed by atoms with Crippen LogP contribution in [0.4, 0.5) is 0 Å². The zero-order valence-electron chi connectivity index (χ0n) is 37.2. The van der Waals surface area contributed by atoms with Gasteiger partial charge in [-0.05, 0) is 64.2 Å². The van der Waals surface area contributed by atoms with E-state index in [1.54, 1.807) is 0 Å². The molecule has 58 heavy (non-hydrogen) atoms. The number of phosphoric acid groups is 1. The van der Waals surface area contributed by atoms with E-state index in [1.807, 2.05) is 39.4 Å². The van der Waals surface area contributed by atoms with Crippen LogP contribution in [0.5, 0.6) is 0 Å². The lowest BCUT2D eigenvalue weighted by Crippen LogP contribution is -2.37. The summed E-state index contributed by atoms with van der Waals surface area (Å²) in [5, 5.41) is 0. The van der Waals surface area contributed by atoms with Gasteiger partial charge in [-0.15, -0.1) is 0 Å². The smallest absolute Gasteiger partial charge is 0.306 e. The normalized spacial score (nSPS) is 14.4. The Labute approximate surface area is 354 Å². The minimum absolute atomic E-state index is 0.0517. The van der Waals surface area contributed by atoms with E-state index in [-0.39, 0.29) is 26.1 Å². The van der Waals surface area contributed by atoms with Gasteiger partial charge in [0.15, 0.2) is 6.10 Å². The molecule has 0 rings (SSSR count). The molecule has 0 aromatic heterocycles. The highest BCUT2D eigenvalue weighted by atomic mass is 31.2. The number of unbranched alkanes of at least 4 members (excludes halogenated alkanes) is 11. The van der Waals surface area contributed by atoms with E-state index in [4.69, 9.17) is 18.5 Å². The SMILES string of the molecule is CC/C=C/C/C=C/C/C=C/C/C=C/C/C=C/C/C=C/CCC(=O)OC[C@H](COP(=O)([O-])OCC[N+](C)(C)C)OC(=O)CC/C=C/CCCCCCCCCCCCC. The van der Waals surface area contributed by atoms with Gasteiger partial charge in [0.2, 0.25) is 0 Å². The number of quaternary nitrogens is 1. The average Bonchev–Trinajstić information content (AvgIpc) is 3.17. The van der Waals surface area contributed by atoms with Crippen molar-refractivity contribution < 1.29 is 42.1 Å². The summed E-state index contributed by atoms with van der Waals surface area (Å²) in [5.74, 6) is -0.996. The van der Waals surface area contributed by atoms with E-state index in [9.17, 15) is 19.0 Å². The number of rotatable bonds is 39. The lowest BCUT2D eigenvalue weighted by molar-refractivity contribution is -0.870. The van der Waals surface area contributed by atoms with Crippen LogP contribution in [0.1, 0.15) is 155 Å². The molecule has 0 heterocycles. The highest BCUT2D eigenvalue weighted by Gasteiger charge is 2.21. The Bertz CT molecular complexity index is 1260. The quantitative estimate of drug-likeness (QED) is 0.0198. The summed E-state index contributed by atoms with van der Waals surface area (Å²) in [4.78, 5) is 37.5. The first-order valence-corrected chi connectivity index (χ1v) is 23.8. The number of hydrogen-bond acceptors (Lipinski definition) is 8. The monoisotopic (exact) mass is 832 g/mol. The van der Waals surface area contributed by atoms with Crippen molar-refractivity contribution in [3.05, 3.63) is 85.1 Å². The second kappa shape index (κ2) is 39.6. The van der Waals surface area contributed by atoms with Crippen LogP contribution in [0.25, 0.3) is 0 Å². The average molecular weight is 832 g/mol. The number of hydrogen-bond donors (Lipinski definition) is 0. The van der Waals surface area contributed by atoms with Gasteiger partial charge < -0.3 is 27.9 Å². The first-order chi connectivity index (χ1) is 28.0. The molecule has 332 valence electrons. The van der Waals surface area contributed by atoms with Gasteiger partial charge in [-0.25, -0.2) is 0 Å². The predicted octanol–water partition coefficient (Wildman–Crippen LogP) is 12.2. The molecule has 2 atom stereocenters. The Hall–Kier alpha value is -2.81. The summed E-state index contributed by atoms with van der Waals surface area (Å²) < 4.78 is 33.7. The lowest BCUT2D eigenvalue weighted by atomic mass is 10.1. The molecular formula is C48H82NO8P. The zero-order valence-corrected chi connectivity index (χ0v) is 38.1. The first-order valence-electron chi connectivity index (χ1n) is 22.3. The Morgan fingerprint density at radius 2 is 0.983 bits per heavy atom. The van der Waals surface area contributed by atoms with E-state index in [0.29, 0.717) is 23.9 Å². The topological polar surface area (TPSA) is 111 Å². The fraction of sp³-hybridized carbons (Fsp3) is 0.667. The summed E-state index contributed by atoms with van der Waals surface area (Å²) in [6.45, 7) is 3.97. The van der Waals surface area contributed by atoms with Crippen LogP contribution in [-0.4, -0.2) is 70.0 Å². The molecule has 0 aliphatic heterocycles. The predicted molar refractivity (Wildman–Crippen MR) is 240 cm³/mol. The van der Waals surface area contributed by atoms with Crippen LogP contribution >= 0.6 is 7.82 Å². The van der Waals surface area contributed by atoms with E-state index in [2.05, 4.69) is 80.7 Å². The van der Waals surface area contributed by atoms with Crippen LogP contribution < -0.4 is 4.89 Å². The van der Waals surface area contributed by atoms with Crippen molar-refractivity contribution in [1.82, 2.24) is 0 Å². The molecule has 0 bridgehead atoms. The molecule has 0 aromatic rings. The standard InChI is InChI=1S/C48H82NO8P/c1-6-8-10-12-14-16-18-20-22-23-24-25-27-28-30-32-34-36-38-40-47(50)54-44-46(45-56-58(52,53)55-43-42-49(3,4)5)57-48(51)41-39-37-35-33-31-29-26-21-19-17-15-13-11-9-7-2/h8,10,14,16,20,22,24-25,28,30,34-37,46H,6-7,9,11-13,15,17-19,21,23,26-27,29,31-33,38-45H2,1-5H3/b10-8+,16-14+,22-20+,25-24+,30-28+,36-34+,37-35+/t46-/m1/s1. The molecule has 0 aliphatic carbocycles. The molecule has 0 aromatic carbocycles. The Balaban J connectivity index is 4.52. The third-order valence-electron chi connectivity index (χ3n) is 8.93. The fourth-order valence-electron chi connectivity index (χ4n) is 5.46. The maximum atomic E-state index is 12.6. The third-order valence-corrected chi connectivity index (χ3v) is 9.89. The van der Waals surface area contributed by atoms with Gasteiger partial charge in [0, 0.05) is 12.8 Å². The number of likely N-dealkylation sites (N-methyl/N-ethyl adjacent to an activating group) is 1. The Morgan fingerprint density at radius 1 is 0.552 bits per heavy atom. The fourth-order valence-corrected chi connectivity index (χ4v) is 6.19. The zero-order chi connectivity index (χ0) is 42.8. The molecule has 0 amide bonds. The Kier molecular flexibility index (Phi) is 37.7. The Morgan fingerprint density at radius 3 is 1.48 bits per heavy atom. The highest BCUT2D eigenvalue weighted by molar-refractivity contribution is 7.45. The van der Waals surface area contributed by atoms with Gasteiger partial charge in [0.05, 0.1) is 27.7 Å². The minimum atomic E-state index is -4.65. The van der Waals surface area contributed by atoms with Crippen LogP contribution in [0.15, 0.2) is 85.1 Å². The summed E-state index contributed by atoms with van der Waals surface area (Å²) in [6.07, 6.45) is 50.7. The van der Waals surface area contributed by atoms with Crippen LogP contribution in [-0.2, 0) is 32.7 Å². The number of ether oxygens (including phenoxy) is 2. The minimum Gasteiger partial charge on any atom is -0.756 e. The number of carbonyl (C=O) groups excluding carboxylic acids is 2. The van der Waals surface area contributed by atoms with Gasteiger partial charge in [0.1, 0.15) is 19.8 Å². The van der Waals surface area contributed by atoms with Crippen molar-refractivity contribution >= 4 is 19.8 Å². The van der Waals surface area contributed by atoms with Gasteiger partial charge in [-0.2, -0.15) is 0 Å². The molecule has 0 fully saturated rings.